The lowest BCUT2D eigenvalue weighted by Crippen LogP contribution is -2.22. The van der Waals surface area contributed by atoms with Gasteiger partial charge in [-0.05, 0) is 44.8 Å². The van der Waals surface area contributed by atoms with Crippen LogP contribution in [0.3, 0.4) is 0 Å². The molecular formula is C15H22N4S. The summed E-state index contributed by atoms with van der Waals surface area (Å²) >= 11 is 1.57. The summed E-state index contributed by atoms with van der Waals surface area (Å²) in [6.45, 7) is 10.6. The maximum absolute atomic E-state index is 4.62. The smallest absolute Gasteiger partial charge is 0.179 e. The summed E-state index contributed by atoms with van der Waals surface area (Å²) in [6.07, 6.45) is 1.02. The van der Waals surface area contributed by atoms with E-state index in [4.69, 9.17) is 0 Å². The second-order valence-corrected chi connectivity index (χ2v) is 5.91. The van der Waals surface area contributed by atoms with Gasteiger partial charge in [0.2, 0.25) is 0 Å². The highest BCUT2D eigenvalue weighted by Crippen LogP contribution is 2.20. The molecule has 2 aromatic heterocycles. The minimum absolute atomic E-state index is 0.584. The molecule has 0 aromatic carbocycles. The standard InChI is InChI=1S/C15H22N4S/c1-5-16-7-10(2)6-13-11(3)18-15(19-12(13)4)14-8-20-9-17-14/h8-10,16H,5-7H2,1-4H3. The zero-order chi connectivity index (χ0) is 14.5. The molecular weight excluding hydrogens is 268 g/mol. The number of aromatic nitrogens is 3. The zero-order valence-electron chi connectivity index (χ0n) is 12.6. The highest BCUT2D eigenvalue weighted by Gasteiger charge is 2.13. The first-order chi connectivity index (χ1) is 9.61. The highest BCUT2D eigenvalue weighted by atomic mass is 32.1. The van der Waals surface area contributed by atoms with Crippen LogP contribution in [0.5, 0.6) is 0 Å². The molecule has 2 rings (SSSR count). The van der Waals surface area contributed by atoms with Crippen LogP contribution in [0.4, 0.5) is 0 Å². The molecule has 0 radical (unpaired) electrons. The molecule has 0 bridgehead atoms. The summed E-state index contributed by atoms with van der Waals surface area (Å²) in [7, 11) is 0. The van der Waals surface area contributed by atoms with Gasteiger partial charge in [-0.2, -0.15) is 0 Å². The summed E-state index contributed by atoms with van der Waals surface area (Å²) in [5.41, 5.74) is 6.10. The van der Waals surface area contributed by atoms with E-state index in [1.807, 2.05) is 10.9 Å². The minimum atomic E-state index is 0.584. The predicted octanol–water partition coefficient (Wildman–Crippen LogP) is 3.01. The minimum Gasteiger partial charge on any atom is -0.317 e. The summed E-state index contributed by atoms with van der Waals surface area (Å²) in [4.78, 5) is 13.5. The molecule has 1 atom stereocenters. The van der Waals surface area contributed by atoms with Gasteiger partial charge >= 0.3 is 0 Å². The Bertz CT molecular complexity index is 528. The number of nitrogens with zero attached hydrogens (tertiary/aromatic N) is 3. The first kappa shape index (κ1) is 15.1. The number of rotatable bonds is 6. The van der Waals surface area contributed by atoms with Gasteiger partial charge in [0.25, 0.3) is 0 Å². The molecule has 0 saturated carbocycles. The van der Waals surface area contributed by atoms with E-state index in [1.54, 1.807) is 11.3 Å². The number of thiazole rings is 1. The van der Waals surface area contributed by atoms with Crippen molar-refractivity contribution in [1.82, 2.24) is 20.3 Å². The Labute approximate surface area is 124 Å². The first-order valence-corrected chi connectivity index (χ1v) is 7.99. The molecule has 0 amide bonds. The van der Waals surface area contributed by atoms with Crippen LogP contribution in [0.1, 0.15) is 30.8 Å². The Morgan fingerprint density at radius 3 is 2.50 bits per heavy atom. The molecule has 0 aliphatic heterocycles. The predicted molar refractivity (Wildman–Crippen MR) is 84.0 cm³/mol. The lowest BCUT2D eigenvalue weighted by atomic mass is 9.98. The van der Waals surface area contributed by atoms with Crippen LogP contribution < -0.4 is 5.32 Å². The van der Waals surface area contributed by atoms with Gasteiger partial charge in [0, 0.05) is 16.8 Å². The number of aryl methyl sites for hydroxylation is 2. The monoisotopic (exact) mass is 290 g/mol. The van der Waals surface area contributed by atoms with E-state index in [1.165, 1.54) is 5.56 Å². The van der Waals surface area contributed by atoms with Gasteiger partial charge in [-0.15, -0.1) is 11.3 Å². The van der Waals surface area contributed by atoms with Crippen LogP contribution in [0.15, 0.2) is 10.9 Å². The van der Waals surface area contributed by atoms with Gasteiger partial charge in [0.05, 0.1) is 5.51 Å². The topological polar surface area (TPSA) is 50.7 Å². The van der Waals surface area contributed by atoms with Crippen LogP contribution in [0.2, 0.25) is 0 Å². The van der Waals surface area contributed by atoms with Crippen LogP contribution >= 0.6 is 11.3 Å². The second kappa shape index (κ2) is 6.90. The second-order valence-electron chi connectivity index (χ2n) is 5.19. The molecule has 0 spiro atoms. The molecule has 2 aromatic rings. The third kappa shape index (κ3) is 3.61. The van der Waals surface area contributed by atoms with Crippen molar-refractivity contribution in [3.63, 3.8) is 0 Å². The average Bonchev–Trinajstić information content (AvgIpc) is 2.94. The van der Waals surface area contributed by atoms with E-state index in [9.17, 15) is 0 Å². The van der Waals surface area contributed by atoms with Crippen molar-refractivity contribution >= 4 is 11.3 Å². The van der Waals surface area contributed by atoms with E-state index in [0.29, 0.717) is 5.92 Å². The normalized spacial score (nSPS) is 12.6. The highest BCUT2D eigenvalue weighted by molar-refractivity contribution is 7.07. The maximum Gasteiger partial charge on any atom is 0.179 e. The van der Waals surface area contributed by atoms with Crippen molar-refractivity contribution in [2.75, 3.05) is 13.1 Å². The quantitative estimate of drug-likeness (QED) is 0.888. The van der Waals surface area contributed by atoms with Crippen molar-refractivity contribution in [3.8, 4) is 11.5 Å². The van der Waals surface area contributed by atoms with E-state index >= 15 is 0 Å². The number of nitrogens with one attached hydrogen (secondary N) is 1. The van der Waals surface area contributed by atoms with Gasteiger partial charge in [0.1, 0.15) is 5.69 Å². The fraction of sp³-hybridized carbons (Fsp3) is 0.533. The summed E-state index contributed by atoms with van der Waals surface area (Å²) < 4.78 is 0. The molecule has 4 nitrogen and oxygen atoms in total. The average molecular weight is 290 g/mol. The van der Waals surface area contributed by atoms with Crippen molar-refractivity contribution < 1.29 is 0 Å². The van der Waals surface area contributed by atoms with E-state index in [2.05, 4.69) is 48.0 Å². The fourth-order valence-corrected chi connectivity index (χ4v) is 2.81. The largest absolute Gasteiger partial charge is 0.317 e. The van der Waals surface area contributed by atoms with Crippen LogP contribution in [-0.2, 0) is 6.42 Å². The molecule has 0 aliphatic carbocycles. The van der Waals surface area contributed by atoms with E-state index in [0.717, 1.165) is 42.4 Å². The van der Waals surface area contributed by atoms with Gasteiger partial charge in [-0.3, -0.25) is 0 Å². The van der Waals surface area contributed by atoms with Gasteiger partial charge in [-0.1, -0.05) is 13.8 Å². The fourth-order valence-electron chi connectivity index (χ4n) is 2.28. The van der Waals surface area contributed by atoms with Gasteiger partial charge in [-0.25, -0.2) is 15.0 Å². The Hall–Kier alpha value is -1.33. The SMILES string of the molecule is CCNCC(C)Cc1c(C)nc(-c2cscn2)nc1C. The summed E-state index contributed by atoms with van der Waals surface area (Å²) in [5.74, 6) is 1.32. The van der Waals surface area contributed by atoms with Gasteiger partial charge < -0.3 is 5.32 Å². The Kier molecular flexibility index (Phi) is 5.20. The zero-order valence-corrected chi connectivity index (χ0v) is 13.4. The molecule has 0 saturated heterocycles. The van der Waals surface area contributed by atoms with Gasteiger partial charge in [0.15, 0.2) is 5.82 Å². The molecule has 1 N–H and O–H groups in total. The van der Waals surface area contributed by atoms with Crippen LogP contribution in [-0.4, -0.2) is 28.0 Å². The third-order valence-electron chi connectivity index (χ3n) is 3.38. The Morgan fingerprint density at radius 1 is 1.25 bits per heavy atom. The molecule has 108 valence electrons. The van der Waals surface area contributed by atoms with E-state index < -0.39 is 0 Å². The first-order valence-electron chi connectivity index (χ1n) is 7.05. The van der Waals surface area contributed by atoms with Crippen LogP contribution in [0, 0.1) is 19.8 Å². The molecule has 0 fully saturated rings. The van der Waals surface area contributed by atoms with Crippen molar-refractivity contribution in [2.45, 2.75) is 34.1 Å². The summed E-state index contributed by atoms with van der Waals surface area (Å²) in [6, 6.07) is 0. The lowest BCUT2D eigenvalue weighted by molar-refractivity contribution is 0.517. The maximum atomic E-state index is 4.62. The Balaban J connectivity index is 2.19. The van der Waals surface area contributed by atoms with Crippen molar-refractivity contribution in [3.05, 3.63) is 27.8 Å². The lowest BCUT2D eigenvalue weighted by Gasteiger charge is -2.15. The van der Waals surface area contributed by atoms with Crippen molar-refractivity contribution in [1.29, 1.82) is 0 Å². The van der Waals surface area contributed by atoms with Crippen LogP contribution in [0.25, 0.3) is 11.5 Å². The number of hydrogen-bond donors (Lipinski definition) is 1. The molecule has 0 aliphatic rings. The Morgan fingerprint density at radius 2 is 1.95 bits per heavy atom. The molecule has 1 unspecified atom stereocenters. The molecule has 20 heavy (non-hydrogen) atoms. The van der Waals surface area contributed by atoms with Crippen molar-refractivity contribution in [2.24, 2.45) is 5.92 Å². The van der Waals surface area contributed by atoms with E-state index in [-0.39, 0.29) is 0 Å². The molecule has 2 heterocycles. The molecule has 5 heteroatoms. The third-order valence-corrected chi connectivity index (χ3v) is 3.96. The summed E-state index contributed by atoms with van der Waals surface area (Å²) in [5, 5.41) is 5.38. The number of hydrogen-bond acceptors (Lipinski definition) is 5.